The Hall–Kier alpha value is -9.09. The fraction of sp³-hybridized carbons (Fsp3) is 0. The van der Waals surface area contributed by atoms with Crippen molar-refractivity contribution in [1.82, 2.24) is 39.1 Å². The quantitative estimate of drug-likeness (QED) is 0.108. The van der Waals surface area contributed by atoms with E-state index in [-0.39, 0.29) is 77.9 Å². The molecule has 12 aromatic carbocycles. The minimum absolute atomic E-state index is 0. The van der Waals surface area contributed by atoms with Crippen molar-refractivity contribution >= 4 is 77.2 Å². The van der Waals surface area contributed by atoms with Crippen molar-refractivity contribution in [3.05, 3.63) is 341 Å². The molecular formula is C84H52N8O4Rh4S2Se2-4. The van der Waals surface area contributed by atoms with Gasteiger partial charge in [-0.25, -0.2) is 12.6 Å². The van der Waals surface area contributed by atoms with Crippen LogP contribution in [0.2, 0.25) is 0 Å². The first-order valence-electron chi connectivity index (χ1n) is 31.9. The van der Waals surface area contributed by atoms with Crippen LogP contribution in [0, 0.1) is 24.3 Å². The van der Waals surface area contributed by atoms with Crippen LogP contribution in [0.3, 0.4) is 0 Å². The molecular weight excluding hydrogens is 1820 g/mol. The van der Waals surface area contributed by atoms with Gasteiger partial charge in [0.05, 0.1) is 42.8 Å². The Labute approximate surface area is 664 Å². The van der Waals surface area contributed by atoms with Crippen molar-refractivity contribution in [3.63, 3.8) is 0 Å². The summed E-state index contributed by atoms with van der Waals surface area (Å²) in [4.78, 5) is 2.52. The molecule has 12 nitrogen and oxygen atoms in total. The normalized spacial score (nSPS) is 13.3. The van der Waals surface area contributed by atoms with E-state index in [0.717, 1.165) is 114 Å². The summed E-state index contributed by atoms with van der Waals surface area (Å²) < 4.78 is 62.9. The summed E-state index contributed by atoms with van der Waals surface area (Å²) in [6, 6.07) is 100.0. The van der Waals surface area contributed by atoms with Gasteiger partial charge in [0.15, 0.2) is 0 Å². The first-order valence-corrected chi connectivity index (χ1v) is 38.7. The summed E-state index contributed by atoms with van der Waals surface area (Å²) in [7, 11) is -4.52. The van der Waals surface area contributed by atoms with Crippen molar-refractivity contribution in [2.45, 2.75) is 19.6 Å². The molecule has 17 aromatic rings. The molecule has 20 rings (SSSR count). The number of rotatable bonds is 8. The van der Waals surface area contributed by atoms with E-state index in [2.05, 4.69) is 112 Å². The van der Waals surface area contributed by atoms with E-state index < -0.39 is 34.5 Å². The number of sulfone groups is 1. The van der Waals surface area contributed by atoms with Crippen LogP contribution >= 0.6 is 0 Å². The molecule has 0 amide bonds. The summed E-state index contributed by atoms with van der Waals surface area (Å²) >= 11 is -1.71. The Kier molecular flexibility index (Phi) is 22.3. The second kappa shape index (κ2) is 31.7. The number of nitrogens with zero attached hydrogens (tertiary/aromatic N) is 8. The molecule has 0 spiro atoms. The Balaban J connectivity index is 0.000000122. The second-order valence-corrected chi connectivity index (χ2v) is 32.2. The van der Waals surface area contributed by atoms with E-state index in [9.17, 15) is 16.5 Å². The van der Waals surface area contributed by atoms with E-state index >= 15 is 0 Å². The van der Waals surface area contributed by atoms with Crippen LogP contribution in [-0.2, 0) is 102 Å². The van der Waals surface area contributed by atoms with E-state index in [1.165, 1.54) is 24.9 Å². The van der Waals surface area contributed by atoms with Crippen molar-refractivity contribution in [2.24, 2.45) is 0 Å². The Bertz CT molecular complexity index is 5970. The van der Waals surface area contributed by atoms with Crippen LogP contribution in [0.15, 0.2) is 336 Å². The minimum atomic E-state index is -3.43. The first-order chi connectivity index (χ1) is 49.1. The predicted octanol–water partition coefficient (Wildman–Crippen LogP) is 16.2. The van der Waals surface area contributed by atoms with Crippen molar-refractivity contribution in [2.75, 3.05) is 0 Å². The average molecular weight is 1870 g/mol. The number of hydrogen-bond donors (Lipinski definition) is 0. The van der Waals surface area contributed by atoms with Crippen LogP contribution in [0.25, 0.3) is 120 Å². The van der Waals surface area contributed by atoms with Crippen LogP contribution in [0.1, 0.15) is 0 Å². The zero-order valence-corrected chi connectivity index (χ0v) is 65.8. The van der Waals surface area contributed by atoms with Crippen LogP contribution in [0.5, 0.6) is 0 Å². The number of benzene rings is 12. The van der Waals surface area contributed by atoms with Gasteiger partial charge in [-0.1, -0.05) is 48.5 Å². The van der Waals surface area contributed by atoms with Gasteiger partial charge in [-0.05, 0) is 64.5 Å². The molecule has 2 unspecified atom stereocenters. The summed E-state index contributed by atoms with van der Waals surface area (Å²) in [6.07, 6.45) is 15.4. The van der Waals surface area contributed by atoms with Gasteiger partial charge in [0.25, 0.3) is 0 Å². The topological polar surface area (TPSA) is 140 Å². The van der Waals surface area contributed by atoms with E-state index in [1.807, 2.05) is 239 Å². The third-order valence-electron chi connectivity index (χ3n) is 17.6. The molecule has 516 valence electrons. The van der Waals surface area contributed by atoms with Gasteiger partial charge in [-0.2, -0.15) is 58.7 Å². The van der Waals surface area contributed by atoms with Gasteiger partial charge in [0.1, 0.15) is 0 Å². The van der Waals surface area contributed by atoms with Crippen LogP contribution in [0.4, 0.5) is 0 Å². The molecule has 5 aromatic heterocycles. The zero-order valence-electron chi connectivity index (χ0n) is 54.2. The Morgan fingerprint density at radius 1 is 0.337 bits per heavy atom. The van der Waals surface area contributed by atoms with Crippen molar-refractivity contribution in [3.8, 4) is 101 Å². The Morgan fingerprint density at radius 2 is 0.731 bits per heavy atom. The molecule has 2 atom stereocenters. The fourth-order valence-corrected chi connectivity index (χ4v) is 20.9. The molecule has 0 aliphatic carbocycles. The van der Waals surface area contributed by atoms with Gasteiger partial charge in [0, 0.05) is 118 Å². The fourth-order valence-electron chi connectivity index (χ4n) is 12.7. The van der Waals surface area contributed by atoms with Gasteiger partial charge in [0.2, 0.25) is 9.84 Å². The summed E-state index contributed by atoms with van der Waals surface area (Å²) in [5.74, 6) is 0. The molecule has 104 heavy (non-hydrogen) atoms. The molecule has 0 saturated carbocycles. The molecule has 0 bridgehead atoms. The summed E-state index contributed by atoms with van der Waals surface area (Å²) in [5.41, 5.74) is 17.8. The SMILES string of the molecule is O=S1(=O)c2ccccc2-c2cc(-c3cnn(-c4[c-]cccc4)c3)ccc21.O=S1c2ccccc2-c2cc(-c3cnn(-c4[c-]cccc4)c3)ccc21.O=[Se]1c2ccccc2-c2cc(-c3cnn(-c4[c-]cccc4)c3)ccc21.[Rh].[Rh].[Rh].[Rh].[c-]1ccccc1-n1cc(-c2ccc3[se]c4ccccc4c3c2)cn1. The average Bonchev–Trinajstić information content (AvgIpc) is 1.59. The summed E-state index contributed by atoms with van der Waals surface area (Å²) in [6.45, 7) is 0. The number of fused-ring (bicyclic) bond motifs is 12. The van der Waals surface area contributed by atoms with Crippen LogP contribution < -0.4 is 8.92 Å². The molecule has 4 radical (unpaired) electrons. The predicted molar refractivity (Wildman–Crippen MR) is 395 cm³/mol. The van der Waals surface area contributed by atoms with Gasteiger partial charge >= 0.3 is 295 Å². The van der Waals surface area contributed by atoms with Crippen LogP contribution in [-0.4, -0.2) is 80.1 Å². The van der Waals surface area contributed by atoms with Gasteiger partial charge in [-0.3, -0.25) is 9.36 Å². The third kappa shape index (κ3) is 14.2. The third-order valence-corrected chi connectivity index (χ3v) is 26.6. The molecule has 20 heteroatoms. The van der Waals surface area contributed by atoms with Crippen molar-refractivity contribution in [1.29, 1.82) is 0 Å². The number of hydrogen-bond acceptors (Lipinski definition) is 8. The maximum absolute atomic E-state index is 12.7. The molecule has 8 heterocycles. The monoisotopic (exact) mass is 1870 g/mol. The van der Waals surface area contributed by atoms with E-state index in [1.54, 1.807) is 29.1 Å². The summed E-state index contributed by atoms with van der Waals surface area (Å²) in [5, 5.41) is 20.5. The first kappa shape index (κ1) is 73.2. The van der Waals surface area contributed by atoms with Gasteiger partial charge < -0.3 is 0 Å². The molecule has 0 fully saturated rings. The maximum atomic E-state index is 12.7. The Morgan fingerprint density at radius 3 is 1.28 bits per heavy atom. The number of para-hydroxylation sites is 4. The molecule has 3 aliphatic heterocycles. The standard InChI is InChI=1S/C21H13N2O2S.C21H13N2OS.C21H13N2OSe.C21H13N2Se.4Rh/c24-26(25)20-9-5-4-8-18(20)19-12-15(10-11-21(19)26)16-13-22-23(14-16)17-6-2-1-3-7-17;2*24-25-20-9-5-4-8-18(20)19-12-15(10-11-21(19)25)16-13-22-23(14-16)17-6-2-1-3-7-17;1-2-6-17(7-3-1)23-14-16(13-22-23)15-10-11-21-19(12-15)18-8-4-5-9-20(18)24-21;;;;/h1-6,8-14H;2*1-6,8-14H;1-6,8-14H;;;;/q4*-1;;;;. The second-order valence-electron chi connectivity index (χ2n) is 23.7. The van der Waals surface area contributed by atoms with E-state index in [4.69, 9.17) is 0 Å². The molecule has 0 N–H and O–H groups in total. The zero-order chi connectivity index (χ0) is 67.3. The molecule has 0 saturated heterocycles. The number of aromatic nitrogens is 8. The van der Waals surface area contributed by atoms with E-state index in [0.29, 0.717) is 24.3 Å². The van der Waals surface area contributed by atoms with Gasteiger partial charge in [-0.15, -0.1) is 12.1 Å². The molecule has 3 aliphatic rings. The van der Waals surface area contributed by atoms with Crippen molar-refractivity contribution < 1.29 is 94.4 Å².